The molecule has 3 heterocycles. The van der Waals surface area contributed by atoms with E-state index in [0.29, 0.717) is 24.5 Å². The number of rotatable bonds is 5. The van der Waals surface area contributed by atoms with Crippen LogP contribution >= 0.6 is 12.2 Å². The number of sulfone groups is 1. The van der Waals surface area contributed by atoms with Crippen molar-refractivity contribution in [2.75, 3.05) is 31.2 Å². The summed E-state index contributed by atoms with van der Waals surface area (Å²) < 4.78 is 32.8. The minimum Gasteiger partial charge on any atom is -0.466 e. The van der Waals surface area contributed by atoms with Crippen molar-refractivity contribution >= 4 is 28.0 Å². The molecule has 2 aliphatic heterocycles. The van der Waals surface area contributed by atoms with E-state index in [1.165, 1.54) is 0 Å². The predicted octanol–water partition coefficient (Wildman–Crippen LogP) is 1.09. The molecule has 0 amide bonds. The summed E-state index contributed by atoms with van der Waals surface area (Å²) in [5.74, 6) is 0.907. The minimum atomic E-state index is -2.96. The average Bonchev–Trinajstić information content (AvgIpc) is 3.09. The molecular weight excluding hydrogens is 376 g/mol. The summed E-state index contributed by atoms with van der Waals surface area (Å²) in [6.45, 7) is 4.37. The first kappa shape index (κ1) is 19.5. The molecule has 10 heteroatoms. The molecule has 1 aromatic heterocycles. The fourth-order valence-corrected chi connectivity index (χ4v) is 5.64. The number of hydrogen-bond donors (Lipinski definition) is 0. The van der Waals surface area contributed by atoms with Crippen LogP contribution in [-0.4, -0.2) is 64.8 Å². The van der Waals surface area contributed by atoms with E-state index < -0.39 is 9.84 Å². The largest absolute Gasteiger partial charge is 0.466 e. The molecule has 2 aliphatic rings. The van der Waals surface area contributed by atoms with Crippen LogP contribution in [0.15, 0.2) is 0 Å². The van der Waals surface area contributed by atoms with Crippen molar-refractivity contribution in [2.24, 2.45) is 13.0 Å². The number of likely N-dealkylation sites (tertiary alicyclic amines) is 1. The van der Waals surface area contributed by atoms with Gasteiger partial charge in [0.2, 0.25) is 0 Å². The van der Waals surface area contributed by atoms with Crippen LogP contribution in [0.4, 0.5) is 0 Å². The van der Waals surface area contributed by atoms with Crippen LogP contribution in [-0.2, 0) is 33.1 Å². The molecule has 1 atom stereocenters. The SMILES string of the molecule is CCOC(=O)C1CCN(Cn2nc([C@@H]3CCS(=O)(=O)C3)n(C)c2=S)CC1. The van der Waals surface area contributed by atoms with Crippen LogP contribution in [0.3, 0.4) is 0 Å². The van der Waals surface area contributed by atoms with E-state index in [0.717, 1.165) is 31.8 Å². The van der Waals surface area contributed by atoms with Crippen LogP contribution in [0, 0.1) is 10.7 Å². The van der Waals surface area contributed by atoms with Crippen LogP contribution in [0.5, 0.6) is 0 Å². The highest BCUT2D eigenvalue weighted by atomic mass is 32.2. The second-order valence-corrected chi connectivity index (χ2v) is 9.68. The molecule has 8 nitrogen and oxygen atoms in total. The third kappa shape index (κ3) is 4.17. The van der Waals surface area contributed by atoms with Crippen LogP contribution in [0.1, 0.15) is 37.9 Å². The Labute approximate surface area is 159 Å². The predicted molar refractivity (Wildman–Crippen MR) is 99.0 cm³/mol. The number of hydrogen-bond acceptors (Lipinski definition) is 7. The lowest BCUT2D eigenvalue weighted by atomic mass is 9.97. The molecule has 146 valence electrons. The fourth-order valence-electron chi connectivity index (χ4n) is 3.71. The Kier molecular flexibility index (Phi) is 5.83. The van der Waals surface area contributed by atoms with Gasteiger partial charge in [-0.15, -0.1) is 0 Å². The maximum atomic E-state index is 11.8. The second kappa shape index (κ2) is 7.77. The highest BCUT2D eigenvalue weighted by Crippen LogP contribution is 2.28. The number of aromatic nitrogens is 3. The van der Waals surface area contributed by atoms with Gasteiger partial charge in [-0.2, -0.15) is 5.10 Å². The third-order valence-corrected chi connectivity index (χ3v) is 7.47. The first-order valence-electron chi connectivity index (χ1n) is 9.04. The first-order chi connectivity index (χ1) is 12.3. The van der Waals surface area contributed by atoms with Crippen LogP contribution in [0.25, 0.3) is 0 Å². The van der Waals surface area contributed by atoms with Crippen molar-refractivity contribution in [3.05, 3.63) is 10.6 Å². The van der Waals surface area contributed by atoms with Crippen LogP contribution < -0.4 is 0 Å². The van der Waals surface area contributed by atoms with E-state index in [9.17, 15) is 13.2 Å². The second-order valence-electron chi connectivity index (χ2n) is 7.09. The molecule has 0 unspecified atom stereocenters. The Bertz CT molecular complexity index is 822. The lowest BCUT2D eigenvalue weighted by molar-refractivity contribution is -0.149. The van der Waals surface area contributed by atoms with Gasteiger partial charge < -0.3 is 9.30 Å². The van der Waals surface area contributed by atoms with E-state index in [1.807, 2.05) is 18.5 Å². The zero-order valence-electron chi connectivity index (χ0n) is 15.3. The number of ether oxygens (including phenoxy) is 1. The number of carbonyl (C=O) groups is 1. The summed E-state index contributed by atoms with van der Waals surface area (Å²) in [6.07, 6.45) is 2.15. The molecule has 0 radical (unpaired) electrons. The Morgan fingerprint density at radius 1 is 1.31 bits per heavy atom. The lowest BCUT2D eigenvalue weighted by Crippen LogP contribution is -2.38. The van der Waals surface area contributed by atoms with E-state index in [4.69, 9.17) is 17.0 Å². The molecule has 2 saturated heterocycles. The Hall–Kier alpha value is -1.26. The molecule has 26 heavy (non-hydrogen) atoms. The van der Waals surface area contributed by atoms with Crippen molar-refractivity contribution in [1.82, 2.24) is 19.2 Å². The molecule has 0 N–H and O–H groups in total. The maximum absolute atomic E-state index is 11.8. The molecule has 0 aromatic carbocycles. The molecule has 2 fully saturated rings. The Balaban J connectivity index is 1.64. The van der Waals surface area contributed by atoms with Crippen molar-refractivity contribution < 1.29 is 17.9 Å². The standard InChI is InChI=1S/C16H26N4O4S2/c1-3-24-15(21)12-4-7-19(8-5-12)11-20-16(25)18(2)14(17-20)13-6-9-26(22,23)10-13/h12-13H,3-11H2,1-2H3/t13-/m1/s1. The molecule has 0 aliphatic carbocycles. The first-order valence-corrected chi connectivity index (χ1v) is 11.3. The monoisotopic (exact) mass is 402 g/mol. The normalized spacial score (nSPS) is 24.0. The Morgan fingerprint density at radius 3 is 2.58 bits per heavy atom. The zero-order chi connectivity index (χ0) is 18.9. The summed E-state index contributed by atoms with van der Waals surface area (Å²) in [6, 6.07) is 0. The number of piperidine rings is 1. The maximum Gasteiger partial charge on any atom is 0.309 e. The van der Waals surface area contributed by atoms with E-state index in [-0.39, 0.29) is 29.3 Å². The van der Waals surface area contributed by atoms with Crippen molar-refractivity contribution in [3.8, 4) is 0 Å². The van der Waals surface area contributed by atoms with Gasteiger partial charge in [-0.05, 0) is 38.4 Å². The van der Waals surface area contributed by atoms with Gasteiger partial charge in [0.15, 0.2) is 14.6 Å². The van der Waals surface area contributed by atoms with Gasteiger partial charge in [-0.25, -0.2) is 13.1 Å². The van der Waals surface area contributed by atoms with Gasteiger partial charge in [-0.3, -0.25) is 9.69 Å². The summed E-state index contributed by atoms with van der Waals surface area (Å²) in [4.78, 5) is 14.1. The third-order valence-electron chi connectivity index (χ3n) is 5.21. The van der Waals surface area contributed by atoms with Gasteiger partial charge >= 0.3 is 5.97 Å². The molecule has 0 bridgehead atoms. The van der Waals surface area contributed by atoms with Gasteiger partial charge in [0, 0.05) is 26.1 Å². The topological polar surface area (TPSA) is 86.4 Å². The van der Waals surface area contributed by atoms with E-state index in [1.54, 1.807) is 4.68 Å². The highest BCUT2D eigenvalue weighted by molar-refractivity contribution is 7.91. The quantitative estimate of drug-likeness (QED) is 0.538. The van der Waals surface area contributed by atoms with Gasteiger partial charge in [-0.1, -0.05) is 0 Å². The van der Waals surface area contributed by atoms with Gasteiger partial charge in [0.1, 0.15) is 5.82 Å². The number of nitrogens with zero attached hydrogens (tertiary/aromatic N) is 4. The molecule has 0 spiro atoms. The zero-order valence-corrected chi connectivity index (χ0v) is 16.9. The highest BCUT2D eigenvalue weighted by Gasteiger charge is 2.33. The molecule has 1 aromatic rings. The van der Waals surface area contributed by atoms with E-state index >= 15 is 0 Å². The summed E-state index contributed by atoms with van der Waals surface area (Å²) >= 11 is 5.49. The van der Waals surface area contributed by atoms with Crippen molar-refractivity contribution in [3.63, 3.8) is 0 Å². The number of esters is 1. The smallest absolute Gasteiger partial charge is 0.309 e. The summed E-state index contributed by atoms with van der Waals surface area (Å²) in [5, 5.41) is 4.61. The van der Waals surface area contributed by atoms with Gasteiger partial charge in [0.05, 0.1) is 30.7 Å². The molecule has 0 saturated carbocycles. The van der Waals surface area contributed by atoms with Gasteiger partial charge in [0.25, 0.3) is 0 Å². The molecule has 3 rings (SSSR count). The van der Waals surface area contributed by atoms with Crippen molar-refractivity contribution in [1.29, 1.82) is 0 Å². The summed E-state index contributed by atoms with van der Waals surface area (Å²) in [5.41, 5.74) is 0. The lowest BCUT2D eigenvalue weighted by Gasteiger charge is -2.30. The number of carbonyl (C=O) groups excluding carboxylic acids is 1. The molecular formula is C16H26N4O4S2. The minimum absolute atomic E-state index is 0.0258. The Morgan fingerprint density at radius 2 is 2.00 bits per heavy atom. The van der Waals surface area contributed by atoms with E-state index in [2.05, 4.69) is 10.00 Å². The van der Waals surface area contributed by atoms with Crippen LogP contribution in [0.2, 0.25) is 0 Å². The summed E-state index contributed by atoms with van der Waals surface area (Å²) in [7, 11) is -1.11. The fraction of sp³-hybridized carbons (Fsp3) is 0.812. The average molecular weight is 403 g/mol. The van der Waals surface area contributed by atoms with Crippen molar-refractivity contribution in [2.45, 2.75) is 38.8 Å².